The Bertz CT molecular complexity index is 62.1. The van der Waals surface area contributed by atoms with E-state index < -0.39 is 6.17 Å². The number of hydrogen-bond donors (Lipinski definition) is 1. The monoisotopic (exact) mass is 197 g/mol. The van der Waals surface area contributed by atoms with E-state index >= 15 is 0 Å². The van der Waals surface area contributed by atoms with E-state index in [2.05, 4.69) is 5.32 Å². The Morgan fingerprint density at radius 3 is 2.89 bits per heavy atom. The third-order valence-corrected chi connectivity index (χ3v) is 1.49. The van der Waals surface area contributed by atoms with E-state index in [1.54, 1.807) is 0 Å². The summed E-state index contributed by atoms with van der Waals surface area (Å²) in [5.41, 5.74) is 0. The zero-order valence-electron chi connectivity index (χ0n) is 5.40. The molecule has 9 heavy (non-hydrogen) atoms. The Balaban J connectivity index is 0.000000640. The minimum absolute atomic E-state index is 0. The van der Waals surface area contributed by atoms with Gasteiger partial charge in [0, 0.05) is 6.54 Å². The SMILES string of the molecule is Br.F[C@@H]1CCCCNC1. The average Bonchev–Trinajstić information content (AvgIpc) is 1.94. The van der Waals surface area contributed by atoms with Crippen LogP contribution in [0.4, 0.5) is 4.39 Å². The van der Waals surface area contributed by atoms with E-state index in [1.807, 2.05) is 0 Å². The summed E-state index contributed by atoms with van der Waals surface area (Å²) in [5, 5.41) is 3.02. The first-order valence-electron chi connectivity index (χ1n) is 3.24. The number of rotatable bonds is 0. The van der Waals surface area contributed by atoms with Crippen LogP contribution < -0.4 is 5.32 Å². The summed E-state index contributed by atoms with van der Waals surface area (Å²) < 4.78 is 12.4. The van der Waals surface area contributed by atoms with Gasteiger partial charge in [-0.15, -0.1) is 17.0 Å². The van der Waals surface area contributed by atoms with Crippen molar-refractivity contribution in [1.29, 1.82) is 0 Å². The highest BCUT2D eigenvalue weighted by Crippen LogP contribution is 2.06. The fourth-order valence-electron chi connectivity index (χ4n) is 0.977. The van der Waals surface area contributed by atoms with E-state index in [0.29, 0.717) is 6.54 Å². The molecule has 1 aliphatic heterocycles. The lowest BCUT2D eigenvalue weighted by atomic mass is 10.2. The Morgan fingerprint density at radius 1 is 1.33 bits per heavy atom. The summed E-state index contributed by atoms with van der Waals surface area (Å²) in [7, 11) is 0. The van der Waals surface area contributed by atoms with Gasteiger partial charge in [-0.05, 0) is 25.8 Å². The number of hydrogen-bond acceptors (Lipinski definition) is 1. The Labute approximate surface area is 65.8 Å². The maximum Gasteiger partial charge on any atom is 0.112 e. The van der Waals surface area contributed by atoms with E-state index in [-0.39, 0.29) is 17.0 Å². The molecule has 1 nitrogen and oxygen atoms in total. The third kappa shape index (κ3) is 3.87. The highest BCUT2D eigenvalue weighted by atomic mass is 79.9. The van der Waals surface area contributed by atoms with Gasteiger partial charge in [0.25, 0.3) is 0 Å². The average molecular weight is 198 g/mol. The van der Waals surface area contributed by atoms with Gasteiger partial charge in [0.05, 0.1) is 0 Å². The smallest absolute Gasteiger partial charge is 0.112 e. The molecular formula is C6H13BrFN. The normalized spacial score (nSPS) is 28.3. The maximum atomic E-state index is 12.4. The van der Waals surface area contributed by atoms with E-state index in [9.17, 15) is 4.39 Å². The maximum absolute atomic E-state index is 12.4. The van der Waals surface area contributed by atoms with Gasteiger partial charge >= 0.3 is 0 Å². The lowest BCUT2D eigenvalue weighted by molar-refractivity contribution is 0.314. The van der Waals surface area contributed by atoms with E-state index in [1.165, 1.54) is 0 Å². The molecule has 1 atom stereocenters. The highest BCUT2D eigenvalue weighted by molar-refractivity contribution is 8.93. The molecule has 0 amide bonds. The predicted octanol–water partition coefficient (Wildman–Crippen LogP) is 1.68. The van der Waals surface area contributed by atoms with Crippen molar-refractivity contribution in [1.82, 2.24) is 5.32 Å². The molecule has 3 heteroatoms. The van der Waals surface area contributed by atoms with Crippen LogP contribution in [0.3, 0.4) is 0 Å². The second-order valence-corrected chi connectivity index (χ2v) is 2.30. The summed E-state index contributed by atoms with van der Waals surface area (Å²) in [6.45, 7) is 1.57. The molecule has 0 aliphatic carbocycles. The van der Waals surface area contributed by atoms with Gasteiger partial charge in [-0.3, -0.25) is 0 Å². The number of halogens is 2. The van der Waals surface area contributed by atoms with Gasteiger partial charge in [-0.25, -0.2) is 4.39 Å². The van der Waals surface area contributed by atoms with Crippen LogP contribution in [0, 0.1) is 0 Å². The Kier molecular flexibility index (Phi) is 5.39. The van der Waals surface area contributed by atoms with Crippen molar-refractivity contribution in [2.24, 2.45) is 0 Å². The fourth-order valence-corrected chi connectivity index (χ4v) is 0.977. The zero-order valence-corrected chi connectivity index (χ0v) is 7.11. The van der Waals surface area contributed by atoms with Gasteiger partial charge < -0.3 is 5.32 Å². The van der Waals surface area contributed by atoms with Crippen LogP contribution in [0.2, 0.25) is 0 Å². The molecule has 0 aromatic rings. The molecule has 1 saturated heterocycles. The minimum atomic E-state index is -0.586. The zero-order chi connectivity index (χ0) is 5.82. The van der Waals surface area contributed by atoms with Gasteiger partial charge in [-0.1, -0.05) is 0 Å². The Morgan fingerprint density at radius 2 is 2.11 bits per heavy atom. The summed E-state index contributed by atoms with van der Waals surface area (Å²) in [5.74, 6) is 0. The van der Waals surface area contributed by atoms with Crippen LogP contribution in [0.5, 0.6) is 0 Å². The van der Waals surface area contributed by atoms with E-state index in [4.69, 9.17) is 0 Å². The van der Waals surface area contributed by atoms with Crippen LogP contribution in [-0.4, -0.2) is 19.3 Å². The molecule has 0 bridgehead atoms. The molecule has 0 aromatic heterocycles. The van der Waals surface area contributed by atoms with Crippen molar-refractivity contribution in [3.63, 3.8) is 0 Å². The predicted molar refractivity (Wildman–Crippen MR) is 41.9 cm³/mol. The lowest BCUT2D eigenvalue weighted by Gasteiger charge is -1.99. The molecule has 0 aromatic carbocycles. The number of nitrogens with one attached hydrogen (secondary N) is 1. The molecule has 0 radical (unpaired) electrons. The van der Waals surface area contributed by atoms with Gasteiger partial charge in [0.15, 0.2) is 0 Å². The second-order valence-electron chi connectivity index (χ2n) is 2.30. The first-order valence-corrected chi connectivity index (χ1v) is 3.24. The largest absolute Gasteiger partial charge is 0.314 e. The van der Waals surface area contributed by atoms with Crippen LogP contribution in [0.1, 0.15) is 19.3 Å². The van der Waals surface area contributed by atoms with Crippen molar-refractivity contribution in [2.75, 3.05) is 13.1 Å². The minimum Gasteiger partial charge on any atom is -0.314 e. The highest BCUT2D eigenvalue weighted by Gasteiger charge is 2.07. The first kappa shape index (κ1) is 9.37. The van der Waals surface area contributed by atoms with Crippen molar-refractivity contribution >= 4 is 17.0 Å². The quantitative estimate of drug-likeness (QED) is 0.624. The van der Waals surface area contributed by atoms with Crippen LogP contribution >= 0.6 is 17.0 Å². The summed E-state index contributed by atoms with van der Waals surface area (Å²) in [4.78, 5) is 0. The number of alkyl halides is 1. The molecule has 0 spiro atoms. The van der Waals surface area contributed by atoms with Crippen LogP contribution in [-0.2, 0) is 0 Å². The molecule has 1 rings (SSSR count). The summed E-state index contributed by atoms with van der Waals surface area (Å²) in [6.07, 6.45) is 2.36. The standard InChI is InChI=1S/C6H12FN.BrH/c7-6-3-1-2-4-8-5-6;/h6,8H,1-5H2;1H/t6-;/m1./s1. The molecule has 0 saturated carbocycles. The van der Waals surface area contributed by atoms with Gasteiger partial charge in [-0.2, -0.15) is 0 Å². The molecule has 0 unspecified atom stereocenters. The van der Waals surface area contributed by atoms with Crippen molar-refractivity contribution < 1.29 is 4.39 Å². The molecule has 1 aliphatic rings. The van der Waals surface area contributed by atoms with Gasteiger partial charge in [0.2, 0.25) is 0 Å². The van der Waals surface area contributed by atoms with Crippen molar-refractivity contribution in [3.8, 4) is 0 Å². The second kappa shape index (κ2) is 5.18. The lowest BCUT2D eigenvalue weighted by Crippen LogP contribution is -2.20. The van der Waals surface area contributed by atoms with Gasteiger partial charge in [0.1, 0.15) is 6.17 Å². The summed E-state index contributed by atoms with van der Waals surface area (Å²) >= 11 is 0. The first-order chi connectivity index (χ1) is 3.89. The Hall–Kier alpha value is 0.370. The molecule has 1 heterocycles. The van der Waals surface area contributed by atoms with Crippen LogP contribution in [0.25, 0.3) is 0 Å². The van der Waals surface area contributed by atoms with E-state index in [0.717, 1.165) is 25.8 Å². The topological polar surface area (TPSA) is 12.0 Å². The van der Waals surface area contributed by atoms with Crippen LogP contribution in [0.15, 0.2) is 0 Å². The third-order valence-electron chi connectivity index (χ3n) is 1.49. The molecule has 1 fully saturated rings. The fraction of sp³-hybridized carbons (Fsp3) is 1.00. The summed E-state index contributed by atoms with van der Waals surface area (Å²) in [6, 6.07) is 0. The molecule has 56 valence electrons. The van der Waals surface area contributed by atoms with Crippen molar-refractivity contribution in [2.45, 2.75) is 25.4 Å². The molecular weight excluding hydrogens is 185 g/mol. The molecule has 1 N–H and O–H groups in total. The van der Waals surface area contributed by atoms with Crippen molar-refractivity contribution in [3.05, 3.63) is 0 Å².